The van der Waals surface area contributed by atoms with Gasteiger partial charge in [0.15, 0.2) is 0 Å². The third-order valence-electron chi connectivity index (χ3n) is 2.19. The Kier molecular flexibility index (Phi) is 4.82. The molecule has 0 radical (unpaired) electrons. The minimum absolute atomic E-state index is 0.118. The molecule has 0 saturated heterocycles. The van der Waals surface area contributed by atoms with Crippen LogP contribution >= 0.6 is 11.6 Å². The van der Waals surface area contributed by atoms with Crippen LogP contribution in [0.5, 0.6) is 0 Å². The number of aromatic nitrogens is 1. The van der Waals surface area contributed by atoms with Crippen molar-refractivity contribution < 1.29 is 19.5 Å². The second-order valence-electron chi connectivity index (χ2n) is 3.85. The molecule has 1 heterocycles. The van der Waals surface area contributed by atoms with Crippen molar-refractivity contribution in [1.82, 2.24) is 10.3 Å². The van der Waals surface area contributed by atoms with Gasteiger partial charge in [-0.15, -0.1) is 0 Å². The lowest BCUT2D eigenvalue weighted by molar-refractivity contribution is -0.140. The average Bonchev–Trinajstić information content (AvgIpc) is 2.25. The summed E-state index contributed by atoms with van der Waals surface area (Å²) in [7, 11) is 0. The molecule has 0 saturated carbocycles. The van der Waals surface area contributed by atoms with Crippen LogP contribution in [0.3, 0.4) is 0 Å². The zero-order valence-electron chi connectivity index (χ0n) is 10.0. The fourth-order valence-corrected chi connectivity index (χ4v) is 1.65. The van der Waals surface area contributed by atoms with Crippen molar-refractivity contribution in [2.45, 2.75) is 19.4 Å². The van der Waals surface area contributed by atoms with Gasteiger partial charge in [0, 0.05) is 11.3 Å². The smallest absolute Gasteiger partial charge is 0.326 e. The van der Waals surface area contributed by atoms with Gasteiger partial charge in [-0.1, -0.05) is 11.6 Å². The number of carbonyl (C=O) groups is 3. The van der Waals surface area contributed by atoms with Gasteiger partial charge in [0.2, 0.25) is 5.91 Å². The molecular formula is C11H12ClN3O4. The van der Waals surface area contributed by atoms with Crippen molar-refractivity contribution in [2.24, 2.45) is 5.73 Å². The van der Waals surface area contributed by atoms with Gasteiger partial charge < -0.3 is 16.2 Å². The Morgan fingerprint density at radius 3 is 2.58 bits per heavy atom. The van der Waals surface area contributed by atoms with E-state index in [1.165, 1.54) is 12.1 Å². The summed E-state index contributed by atoms with van der Waals surface area (Å²) in [5, 5.41) is 11.2. The first-order valence-corrected chi connectivity index (χ1v) is 5.63. The van der Waals surface area contributed by atoms with E-state index >= 15 is 0 Å². The highest BCUT2D eigenvalue weighted by atomic mass is 35.5. The number of amides is 2. The Morgan fingerprint density at radius 2 is 2.11 bits per heavy atom. The molecule has 0 aromatic carbocycles. The maximum Gasteiger partial charge on any atom is 0.326 e. The van der Waals surface area contributed by atoms with Crippen LogP contribution in [0.15, 0.2) is 12.1 Å². The number of aryl methyl sites for hydroxylation is 1. The fraction of sp³-hybridized carbons (Fsp3) is 0.273. The molecule has 7 nitrogen and oxygen atoms in total. The van der Waals surface area contributed by atoms with Crippen LogP contribution in [0.25, 0.3) is 0 Å². The van der Waals surface area contributed by atoms with Gasteiger partial charge in [-0.05, 0) is 19.1 Å². The van der Waals surface area contributed by atoms with Crippen molar-refractivity contribution in [2.75, 3.05) is 0 Å². The van der Waals surface area contributed by atoms with Crippen LogP contribution in [-0.2, 0) is 9.59 Å². The molecule has 1 aromatic heterocycles. The van der Waals surface area contributed by atoms with Crippen LogP contribution < -0.4 is 11.1 Å². The summed E-state index contributed by atoms with van der Waals surface area (Å²) in [4.78, 5) is 37.3. The highest BCUT2D eigenvalue weighted by molar-refractivity contribution is 6.29. The first kappa shape index (κ1) is 14.9. The van der Waals surface area contributed by atoms with E-state index in [9.17, 15) is 14.4 Å². The number of hydrogen-bond acceptors (Lipinski definition) is 4. The van der Waals surface area contributed by atoms with E-state index in [2.05, 4.69) is 10.3 Å². The van der Waals surface area contributed by atoms with E-state index in [0.29, 0.717) is 5.69 Å². The topological polar surface area (TPSA) is 122 Å². The molecule has 4 N–H and O–H groups in total. The standard InChI is InChI=1S/C11H12ClN3O4/c1-5-2-6(3-8(12)14-5)10(17)15-7(11(18)19)4-9(13)16/h2-3,7H,4H2,1H3,(H2,13,16)(H,15,17)(H,18,19). The summed E-state index contributed by atoms with van der Waals surface area (Å²) < 4.78 is 0. The highest BCUT2D eigenvalue weighted by Gasteiger charge is 2.23. The van der Waals surface area contributed by atoms with Crippen LogP contribution in [0, 0.1) is 6.92 Å². The number of nitrogens with zero attached hydrogens (tertiary/aromatic N) is 1. The number of carboxylic acids is 1. The Bertz CT molecular complexity index is 512. The van der Waals surface area contributed by atoms with E-state index in [4.69, 9.17) is 22.4 Å². The molecule has 102 valence electrons. The molecular weight excluding hydrogens is 274 g/mol. The van der Waals surface area contributed by atoms with E-state index in [1.54, 1.807) is 6.92 Å². The van der Waals surface area contributed by atoms with Crippen LogP contribution in [0.1, 0.15) is 22.5 Å². The number of nitrogens with two attached hydrogens (primary N) is 1. The lowest BCUT2D eigenvalue weighted by Crippen LogP contribution is -2.43. The molecule has 0 aliphatic carbocycles. The number of aliphatic carboxylic acids is 1. The van der Waals surface area contributed by atoms with Gasteiger partial charge in [0.25, 0.3) is 5.91 Å². The number of primary amides is 1. The normalized spacial score (nSPS) is 11.7. The largest absolute Gasteiger partial charge is 0.480 e. The predicted molar refractivity (Wildman–Crippen MR) is 66.7 cm³/mol. The lowest BCUT2D eigenvalue weighted by Gasteiger charge is -2.13. The van der Waals surface area contributed by atoms with Gasteiger partial charge in [0.05, 0.1) is 6.42 Å². The van der Waals surface area contributed by atoms with Gasteiger partial charge in [-0.3, -0.25) is 9.59 Å². The molecule has 0 aliphatic heterocycles. The summed E-state index contributed by atoms with van der Waals surface area (Å²) in [6.07, 6.45) is -0.487. The van der Waals surface area contributed by atoms with E-state index in [1.807, 2.05) is 0 Å². The molecule has 0 aliphatic rings. The number of carbonyl (C=O) groups excluding carboxylic acids is 2. The predicted octanol–water partition coefficient (Wildman–Crippen LogP) is 0.102. The minimum Gasteiger partial charge on any atom is -0.480 e. The van der Waals surface area contributed by atoms with E-state index in [0.717, 1.165) is 0 Å². The lowest BCUT2D eigenvalue weighted by atomic mass is 10.1. The Hall–Kier alpha value is -2.15. The molecule has 8 heteroatoms. The summed E-state index contributed by atoms with van der Waals surface area (Å²) >= 11 is 5.70. The zero-order valence-corrected chi connectivity index (χ0v) is 10.8. The number of hydrogen-bond donors (Lipinski definition) is 3. The minimum atomic E-state index is -1.38. The zero-order chi connectivity index (χ0) is 14.6. The number of nitrogens with one attached hydrogen (secondary N) is 1. The van der Waals surface area contributed by atoms with Gasteiger partial charge >= 0.3 is 5.97 Å². The number of halogens is 1. The molecule has 19 heavy (non-hydrogen) atoms. The van der Waals surface area contributed by atoms with Gasteiger partial charge in [0.1, 0.15) is 11.2 Å². The molecule has 0 fully saturated rings. The third-order valence-corrected chi connectivity index (χ3v) is 2.39. The van der Waals surface area contributed by atoms with Crippen molar-refractivity contribution in [3.63, 3.8) is 0 Å². The summed E-state index contributed by atoms with van der Waals surface area (Å²) in [6, 6.07) is 1.37. The molecule has 1 atom stereocenters. The highest BCUT2D eigenvalue weighted by Crippen LogP contribution is 2.10. The van der Waals surface area contributed by atoms with E-state index in [-0.39, 0.29) is 10.7 Å². The summed E-state index contributed by atoms with van der Waals surface area (Å²) in [5.74, 6) is -2.83. The Labute approximate surface area is 113 Å². The first-order valence-electron chi connectivity index (χ1n) is 5.25. The molecule has 1 unspecified atom stereocenters. The van der Waals surface area contributed by atoms with Crippen molar-refractivity contribution >= 4 is 29.4 Å². The SMILES string of the molecule is Cc1cc(C(=O)NC(CC(N)=O)C(=O)O)cc(Cl)n1. The number of carboxylic acid groups (broad SMARTS) is 1. The molecule has 2 amide bonds. The number of rotatable bonds is 5. The van der Waals surface area contributed by atoms with Crippen molar-refractivity contribution in [3.05, 3.63) is 28.5 Å². The molecule has 1 rings (SSSR count). The maximum atomic E-state index is 11.8. The number of pyridine rings is 1. The van der Waals surface area contributed by atoms with Crippen LogP contribution in [0.4, 0.5) is 0 Å². The molecule has 0 spiro atoms. The fourth-order valence-electron chi connectivity index (χ4n) is 1.40. The summed E-state index contributed by atoms with van der Waals surface area (Å²) in [6.45, 7) is 1.64. The van der Waals surface area contributed by atoms with Crippen molar-refractivity contribution in [1.29, 1.82) is 0 Å². The van der Waals surface area contributed by atoms with Gasteiger partial charge in [-0.2, -0.15) is 0 Å². The quantitative estimate of drug-likeness (QED) is 0.662. The Morgan fingerprint density at radius 1 is 1.47 bits per heavy atom. The average molecular weight is 286 g/mol. The van der Waals surface area contributed by atoms with Crippen LogP contribution in [0.2, 0.25) is 5.15 Å². The monoisotopic (exact) mass is 285 g/mol. The third kappa shape index (κ3) is 4.55. The Balaban J connectivity index is 2.87. The first-order chi connectivity index (χ1) is 8.79. The van der Waals surface area contributed by atoms with Gasteiger partial charge in [-0.25, -0.2) is 9.78 Å². The van der Waals surface area contributed by atoms with E-state index < -0.39 is 30.2 Å². The molecule has 1 aromatic rings. The second kappa shape index (κ2) is 6.14. The van der Waals surface area contributed by atoms with Crippen molar-refractivity contribution in [3.8, 4) is 0 Å². The maximum absolute atomic E-state index is 11.8. The second-order valence-corrected chi connectivity index (χ2v) is 4.24. The van der Waals surface area contributed by atoms with Crippen LogP contribution in [-0.4, -0.2) is 33.9 Å². The summed E-state index contributed by atoms with van der Waals surface area (Å²) in [5.41, 5.74) is 5.58. The molecule has 0 bridgehead atoms.